The lowest BCUT2D eigenvalue weighted by Gasteiger charge is -1.99. The van der Waals surface area contributed by atoms with Crippen LogP contribution in [0, 0.1) is 0 Å². The Bertz CT molecular complexity index is 200. The van der Waals surface area contributed by atoms with E-state index in [1.807, 2.05) is 0 Å². The molecule has 0 aliphatic carbocycles. The zero-order chi connectivity index (χ0) is 8.85. The van der Waals surface area contributed by atoms with Gasteiger partial charge >= 0.3 is 0 Å². The van der Waals surface area contributed by atoms with Gasteiger partial charge in [-0.15, -0.1) is 0 Å². The largest absolute Gasteiger partial charge is 0.494 e. The summed E-state index contributed by atoms with van der Waals surface area (Å²) in [7, 11) is 1.26. The monoisotopic (exact) mass is 160 g/mol. The molecule has 0 aliphatic heterocycles. The number of rotatable bonds is 3. The average Bonchev–Trinajstić information content (AvgIpc) is 1.98. The molecule has 62 valence electrons. The van der Waals surface area contributed by atoms with Crippen LogP contribution in [0.15, 0.2) is 36.1 Å². The Balaban J connectivity index is 4.66. The molecule has 0 bridgehead atoms. The van der Waals surface area contributed by atoms with Crippen LogP contribution < -0.4 is 0 Å². The van der Waals surface area contributed by atoms with Gasteiger partial charge in [0.05, 0.1) is 7.11 Å². The maximum absolute atomic E-state index is 12.6. The van der Waals surface area contributed by atoms with E-state index in [4.69, 9.17) is 0 Å². The molecule has 0 N–H and O–H groups in total. The number of hydrogen-bond acceptors (Lipinski definition) is 1. The Labute approximate surface area is 64.7 Å². The van der Waals surface area contributed by atoms with E-state index in [9.17, 15) is 8.78 Å². The molecule has 0 fully saturated rings. The molecule has 0 saturated carbocycles. The fraction of sp³-hybridized carbons (Fsp3) is 0.250. The van der Waals surface area contributed by atoms with Gasteiger partial charge in [0.2, 0.25) is 0 Å². The minimum absolute atomic E-state index is 0.153. The number of halogens is 2. The standard InChI is InChI=1S/C8H10F2O/c1-4-7(10)8(11-3)5-6(2)9/h4-5H,1H2,2-3H3/b6-5+,8-7-. The Morgan fingerprint density at radius 3 is 2.27 bits per heavy atom. The lowest BCUT2D eigenvalue weighted by Crippen LogP contribution is -1.85. The van der Waals surface area contributed by atoms with Crippen LogP contribution in [-0.4, -0.2) is 7.11 Å². The fourth-order valence-electron chi connectivity index (χ4n) is 0.507. The van der Waals surface area contributed by atoms with Crippen LogP contribution in [0.3, 0.4) is 0 Å². The lowest BCUT2D eigenvalue weighted by atomic mass is 10.3. The molecule has 0 atom stereocenters. The summed E-state index contributed by atoms with van der Waals surface area (Å²) in [5.41, 5.74) is 0. The highest BCUT2D eigenvalue weighted by Crippen LogP contribution is 2.11. The Morgan fingerprint density at radius 1 is 1.45 bits per heavy atom. The van der Waals surface area contributed by atoms with E-state index in [1.54, 1.807) is 0 Å². The highest BCUT2D eigenvalue weighted by Gasteiger charge is 1.99. The zero-order valence-corrected chi connectivity index (χ0v) is 6.53. The van der Waals surface area contributed by atoms with E-state index >= 15 is 0 Å². The van der Waals surface area contributed by atoms with Gasteiger partial charge in [0.15, 0.2) is 11.6 Å². The first-order chi connectivity index (χ1) is 5.11. The molecule has 0 aromatic carbocycles. The molecule has 1 nitrogen and oxygen atoms in total. The number of ether oxygens (including phenoxy) is 1. The Morgan fingerprint density at radius 2 is 2.00 bits per heavy atom. The van der Waals surface area contributed by atoms with E-state index in [-0.39, 0.29) is 5.76 Å². The van der Waals surface area contributed by atoms with Crippen LogP contribution >= 0.6 is 0 Å². The Kier molecular flexibility index (Phi) is 4.18. The van der Waals surface area contributed by atoms with Gasteiger partial charge in [-0.25, -0.2) is 8.78 Å². The molecule has 0 heterocycles. The molecular weight excluding hydrogens is 150 g/mol. The summed E-state index contributed by atoms with van der Waals surface area (Å²) in [6, 6.07) is 0. The van der Waals surface area contributed by atoms with E-state index in [0.29, 0.717) is 0 Å². The molecule has 0 aromatic heterocycles. The minimum atomic E-state index is -0.676. The molecule has 0 unspecified atom stereocenters. The topological polar surface area (TPSA) is 9.23 Å². The first-order valence-electron chi connectivity index (χ1n) is 3.01. The van der Waals surface area contributed by atoms with Crippen LogP contribution in [0.4, 0.5) is 8.78 Å². The van der Waals surface area contributed by atoms with Crippen LogP contribution in [0.5, 0.6) is 0 Å². The van der Waals surface area contributed by atoms with E-state index < -0.39 is 11.7 Å². The van der Waals surface area contributed by atoms with Gasteiger partial charge in [-0.3, -0.25) is 0 Å². The van der Waals surface area contributed by atoms with Gasteiger partial charge < -0.3 is 4.74 Å². The molecule has 0 saturated heterocycles. The van der Waals surface area contributed by atoms with Crippen molar-refractivity contribution in [1.29, 1.82) is 0 Å². The summed E-state index contributed by atoms with van der Waals surface area (Å²) in [6.07, 6.45) is 1.91. The predicted octanol–water partition coefficient (Wildman–Crippen LogP) is 2.87. The first kappa shape index (κ1) is 9.88. The highest BCUT2D eigenvalue weighted by atomic mass is 19.1. The quantitative estimate of drug-likeness (QED) is 0.455. The van der Waals surface area contributed by atoms with Crippen LogP contribution in [-0.2, 0) is 4.74 Å². The third-order valence-electron chi connectivity index (χ3n) is 0.965. The maximum atomic E-state index is 12.6. The molecule has 0 amide bonds. The molecule has 0 radical (unpaired) electrons. The molecule has 0 spiro atoms. The molecule has 3 heteroatoms. The van der Waals surface area contributed by atoms with Crippen molar-refractivity contribution >= 4 is 0 Å². The SMILES string of the molecule is C=C/C(F)=C(\C=C(/C)F)OC. The Hall–Kier alpha value is -1.12. The number of methoxy groups -OCH3 is 1. The molecule has 0 aliphatic rings. The van der Waals surface area contributed by atoms with Crippen molar-refractivity contribution in [1.82, 2.24) is 0 Å². The lowest BCUT2D eigenvalue weighted by molar-refractivity contribution is 0.291. The maximum Gasteiger partial charge on any atom is 0.164 e. The average molecular weight is 160 g/mol. The summed E-state index contributed by atoms with van der Waals surface area (Å²) in [6.45, 7) is 4.38. The third kappa shape index (κ3) is 3.55. The molecule has 0 rings (SSSR count). The minimum Gasteiger partial charge on any atom is -0.494 e. The van der Waals surface area contributed by atoms with E-state index in [2.05, 4.69) is 11.3 Å². The van der Waals surface area contributed by atoms with E-state index in [1.165, 1.54) is 14.0 Å². The van der Waals surface area contributed by atoms with Crippen molar-refractivity contribution in [2.24, 2.45) is 0 Å². The summed E-state index contributed by atoms with van der Waals surface area (Å²) in [4.78, 5) is 0. The van der Waals surface area contributed by atoms with Crippen LogP contribution in [0.1, 0.15) is 6.92 Å². The zero-order valence-electron chi connectivity index (χ0n) is 6.53. The summed E-state index contributed by atoms with van der Waals surface area (Å²) in [5, 5.41) is 0. The van der Waals surface area contributed by atoms with Gasteiger partial charge in [-0.2, -0.15) is 0 Å². The summed E-state index contributed by atoms with van der Waals surface area (Å²) < 4.78 is 29.3. The van der Waals surface area contributed by atoms with Crippen LogP contribution in [0.2, 0.25) is 0 Å². The van der Waals surface area contributed by atoms with Gasteiger partial charge in [0.1, 0.15) is 5.83 Å². The summed E-state index contributed by atoms with van der Waals surface area (Å²) >= 11 is 0. The second-order valence-electron chi connectivity index (χ2n) is 1.85. The van der Waals surface area contributed by atoms with Crippen molar-refractivity contribution in [3.63, 3.8) is 0 Å². The molecule has 11 heavy (non-hydrogen) atoms. The number of hydrogen-bond donors (Lipinski definition) is 0. The second-order valence-corrected chi connectivity index (χ2v) is 1.85. The predicted molar refractivity (Wildman–Crippen MR) is 40.2 cm³/mol. The second kappa shape index (κ2) is 4.66. The normalized spacial score (nSPS) is 14.0. The highest BCUT2D eigenvalue weighted by molar-refractivity contribution is 5.23. The van der Waals surface area contributed by atoms with Crippen molar-refractivity contribution in [2.45, 2.75) is 6.92 Å². The van der Waals surface area contributed by atoms with E-state index in [0.717, 1.165) is 12.2 Å². The number of allylic oxidation sites excluding steroid dienone is 4. The van der Waals surface area contributed by atoms with Gasteiger partial charge in [0, 0.05) is 6.08 Å². The fourth-order valence-corrected chi connectivity index (χ4v) is 0.507. The molecule has 0 aromatic rings. The summed E-state index contributed by atoms with van der Waals surface area (Å²) in [5.74, 6) is -1.34. The van der Waals surface area contributed by atoms with Crippen molar-refractivity contribution in [2.75, 3.05) is 7.11 Å². The van der Waals surface area contributed by atoms with Crippen molar-refractivity contribution in [3.8, 4) is 0 Å². The third-order valence-corrected chi connectivity index (χ3v) is 0.965. The van der Waals surface area contributed by atoms with Crippen LogP contribution in [0.25, 0.3) is 0 Å². The van der Waals surface area contributed by atoms with Gasteiger partial charge in [0.25, 0.3) is 0 Å². The first-order valence-corrected chi connectivity index (χ1v) is 3.01. The van der Waals surface area contributed by atoms with Crippen molar-refractivity contribution in [3.05, 3.63) is 36.1 Å². The van der Waals surface area contributed by atoms with Crippen molar-refractivity contribution < 1.29 is 13.5 Å². The van der Waals surface area contributed by atoms with Gasteiger partial charge in [-0.05, 0) is 13.0 Å². The van der Waals surface area contributed by atoms with Gasteiger partial charge in [-0.1, -0.05) is 6.58 Å². The smallest absolute Gasteiger partial charge is 0.164 e. The molecular formula is C8H10F2O.